The predicted octanol–water partition coefficient (Wildman–Crippen LogP) is 2.72. The second-order valence-corrected chi connectivity index (χ2v) is 5.12. The molecule has 0 radical (unpaired) electrons. The molecule has 2 rings (SSSR count). The van der Waals surface area contributed by atoms with Crippen molar-refractivity contribution in [3.8, 4) is 0 Å². The first-order valence-electron chi connectivity index (χ1n) is 6.88. The van der Waals surface area contributed by atoms with E-state index in [1.165, 1.54) is 19.3 Å². The van der Waals surface area contributed by atoms with Gasteiger partial charge in [-0.3, -0.25) is 15.0 Å². The van der Waals surface area contributed by atoms with E-state index in [-0.39, 0.29) is 23.0 Å². The maximum atomic E-state index is 10.6. The average Bonchev–Trinajstić information content (AvgIpc) is 2.42. The molecule has 1 aromatic carbocycles. The topological polar surface area (TPSA) is 72.4 Å². The zero-order chi connectivity index (χ0) is 13.7. The molecule has 112 valence electrons. The summed E-state index contributed by atoms with van der Waals surface area (Å²) < 4.78 is 0. The third-order valence-corrected chi connectivity index (χ3v) is 3.78. The number of hydrogen-bond acceptors (Lipinski definition) is 4. The fourth-order valence-electron chi connectivity index (χ4n) is 2.75. The fraction of sp³-hybridized carbons (Fsp3) is 0.571. The molecule has 1 aliphatic rings. The second kappa shape index (κ2) is 8.19. The third kappa shape index (κ3) is 4.44. The number of nitro groups is 1. The lowest BCUT2D eigenvalue weighted by molar-refractivity contribution is -0.384. The van der Waals surface area contributed by atoms with Crippen LogP contribution in [0.25, 0.3) is 0 Å². The molecule has 20 heavy (non-hydrogen) atoms. The van der Waals surface area contributed by atoms with E-state index in [2.05, 4.69) is 4.90 Å². The van der Waals surface area contributed by atoms with Crippen LogP contribution in [0.15, 0.2) is 24.3 Å². The Hall–Kier alpha value is -1.17. The zero-order valence-corrected chi connectivity index (χ0v) is 12.3. The normalized spacial score (nSPS) is 19.4. The molecule has 2 N–H and O–H groups in total. The van der Waals surface area contributed by atoms with E-state index in [0.717, 1.165) is 31.6 Å². The van der Waals surface area contributed by atoms with Crippen LogP contribution in [0, 0.1) is 10.1 Å². The molecule has 6 heteroatoms. The highest BCUT2D eigenvalue weighted by Crippen LogP contribution is 2.22. The van der Waals surface area contributed by atoms with Gasteiger partial charge in [-0.15, -0.1) is 12.4 Å². The highest BCUT2D eigenvalue weighted by atomic mass is 35.5. The minimum absolute atomic E-state index is 0. The number of non-ortho nitro benzene ring substituents is 1. The molecule has 5 nitrogen and oxygen atoms in total. The van der Waals surface area contributed by atoms with Crippen molar-refractivity contribution in [1.82, 2.24) is 4.90 Å². The summed E-state index contributed by atoms with van der Waals surface area (Å²) in [5.41, 5.74) is 6.95. The van der Waals surface area contributed by atoms with E-state index >= 15 is 0 Å². The third-order valence-electron chi connectivity index (χ3n) is 3.78. The Labute approximate surface area is 125 Å². The van der Waals surface area contributed by atoms with Crippen molar-refractivity contribution in [2.75, 3.05) is 13.1 Å². The van der Waals surface area contributed by atoms with Crippen LogP contribution in [0.4, 0.5) is 5.69 Å². The van der Waals surface area contributed by atoms with Crippen molar-refractivity contribution in [1.29, 1.82) is 0 Å². The maximum absolute atomic E-state index is 10.6. The van der Waals surface area contributed by atoms with Gasteiger partial charge < -0.3 is 5.73 Å². The first-order chi connectivity index (χ1) is 9.20. The summed E-state index contributed by atoms with van der Waals surface area (Å²) in [4.78, 5) is 12.7. The van der Waals surface area contributed by atoms with Gasteiger partial charge in [0.15, 0.2) is 0 Å². The Morgan fingerprint density at radius 3 is 2.60 bits per heavy atom. The summed E-state index contributed by atoms with van der Waals surface area (Å²) in [6.45, 7) is 2.69. The van der Waals surface area contributed by atoms with Crippen molar-refractivity contribution in [3.63, 3.8) is 0 Å². The van der Waals surface area contributed by atoms with Crippen LogP contribution >= 0.6 is 12.4 Å². The lowest BCUT2D eigenvalue weighted by Gasteiger charge is -2.35. The van der Waals surface area contributed by atoms with Gasteiger partial charge in [0.05, 0.1) is 4.92 Å². The highest BCUT2D eigenvalue weighted by molar-refractivity contribution is 5.85. The number of nitrogens with zero attached hydrogens (tertiary/aromatic N) is 2. The van der Waals surface area contributed by atoms with Gasteiger partial charge in [-0.2, -0.15) is 0 Å². The minimum Gasteiger partial charge on any atom is -0.330 e. The number of piperidine rings is 1. The Morgan fingerprint density at radius 2 is 2.00 bits per heavy atom. The van der Waals surface area contributed by atoms with Gasteiger partial charge in [-0.05, 0) is 37.9 Å². The number of benzene rings is 1. The van der Waals surface area contributed by atoms with Gasteiger partial charge in [0.1, 0.15) is 0 Å². The van der Waals surface area contributed by atoms with Crippen molar-refractivity contribution in [2.45, 2.75) is 38.3 Å². The molecular weight excluding hydrogens is 278 g/mol. The highest BCUT2D eigenvalue weighted by Gasteiger charge is 2.21. The Balaban J connectivity index is 0.00000200. The van der Waals surface area contributed by atoms with Crippen molar-refractivity contribution in [3.05, 3.63) is 39.9 Å². The van der Waals surface area contributed by atoms with E-state index in [4.69, 9.17) is 5.73 Å². The first-order valence-corrected chi connectivity index (χ1v) is 6.88. The van der Waals surface area contributed by atoms with Gasteiger partial charge in [0.2, 0.25) is 0 Å². The number of rotatable bonds is 5. The van der Waals surface area contributed by atoms with Crippen molar-refractivity contribution in [2.24, 2.45) is 5.73 Å². The van der Waals surface area contributed by atoms with E-state index in [0.29, 0.717) is 6.04 Å². The van der Waals surface area contributed by atoms with Gasteiger partial charge >= 0.3 is 0 Å². The summed E-state index contributed by atoms with van der Waals surface area (Å²) >= 11 is 0. The van der Waals surface area contributed by atoms with Crippen LogP contribution in [-0.4, -0.2) is 29.0 Å². The largest absolute Gasteiger partial charge is 0.330 e. The monoisotopic (exact) mass is 299 g/mol. The summed E-state index contributed by atoms with van der Waals surface area (Å²) in [6.07, 6.45) is 4.76. The van der Waals surface area contributed by atoms with Crippen LogP contribution in [0.2, 0.25) is 0 Å². The molecule has 1 fully saturated rings. The number of nitro benzene ring substituents is 1. The number of halogens is 1. The van der Waals surface area contributed by atoms with Crippen LogP contribution in [0.3, 0.4) is 0 Å². The molecule has 0 aliphatic carbocycles. The Morgan fingerprint density at radius 1 is 1.30 bits per heavy atom. The van der Waals surface area contributed by atoms with E-state index in [1.807, 2.05) is 12.1 Å². The number of nitrogens with two attached hydrogens (primary N) is 1. The lowest BCUT2D eigenvalue weighted by atomic mass is 9.98. The first kappa shape index (κ1) is 16.9. The van der Waals surface area contributed by atoms with Gasteiger partial charge in [0.25, 0.3) is 5.69 Å². The molecule has 1 saturated heterocycles. The van der Waals surface area contributed by atoms with E-state index < -0.39 is 0 Å². The van der Waals surface area contributed by atoms with Crippen LogP contribution in [0.5, 0.6) is 0 Å². The maximum Gasteiger partial charge on any atom is 0.269 e. The molecule has 0 amide bonds. The summed E-state index contributed by atoms with van der Waals surface area (Å²) in [7, 11) is 0. The van der Waals surface area contributed by atoms with Crippen LogP contribution < -0.4 is 5.73 Å². The standard InChI is InChI=1S/C14H21N3O2.ClH/c15-9-8-13-3-1-2-10-16(13)11-12-4-6-14(7-5-12)17(18)19;/h4-7,13H,1-3,8-11,15H2;1H. The lowest BCUT2D eigenvalue weighted by Crippen LogP contribution is -2.40. The summed E-state index contributed by atoms with van der Waals surface area (Å²) in [5.74, 6) is 0. The summed E-state index contributed by atoms with van der Waals surface area (Å²) in [5, 5.41) is 10.6. The van der Waals surface area contributed by atoms with Gasteiger partial charge in [-0.1, -0.05) is 18.6 Å². The molecule has 0 saturated carbocycles. The smallest absolute Gasteiger partial charge is 0.269 e. The molecule has 0 aromatic heterocycles. The molecule has 1 aliphatic heterocycles. The number of hydrogen-bond donors (Lipinski definition) is 1. The van der Waals surface area contributed by atoms with Crippen molar-refractivity contribution >= 4 is 18.1 Å². The predicted molar refractivity (Wildman–Crippen MR) is 82.1 cm³/mol. The van der Waals surface area contributed by atoms with Crippen LogP contribution in [-0.2, 0) is 6.54 Å². The molecule has 1 aromatic rings. The van der Waals surface area contributed by atoms with Crippen LogP contribution in [0.1, 0.15) is 31.2 Å². The molecule has 1 unspecified atom stereocenters. The minimum atomic E-state index is -0.359. The van der Waals surface area contributed by atoms with Gasteiger partial charge in [-0.25, -0.2) is 0 Å². The van der Waals surface area contributed by atoms with E-state index in [1.54, 1.807) is 12.1 Å². The molecule has 1 atom stereocenters. The molecule has 1 heterocycles. The molecular formula is C14H22ClN3O2. The quantitative estimate of drug-likeness (QED) is 0.670. The SMILES string of the molecule is Cl.NCCC1CCCCN1Cc1ccc([N+](=O)[O-])cc1. The van der Waals surface area contributed by atoms with Gasteiger partial charge in [0, 0.05) is 24.7 Å². The van der Waals surface area contributed by atoms with Crippen molar-refractivity contribution < 1.29 is 4.92 Å². The zero-order valence-electron chi connectivity index (χ0n) is 11.5. The Kier molecular flexibility index (Phi) is 6.91. The molecule has 0 spiro atoms. The van der Waals surface area contributed by atoms with E-state index in [9.17, 15) is 10.1 Å². The number of likely N-dealkylation sites (tertiary alicyclic amines) is 1. The molecule has 0 bridgehead atoms. The fourth-order valence-corrected chi connectivity index (χ4v) is 2.75. The second-order valence-electron chi connectivity index (χ2n) is 5.12. The Bertz CT molecular complexity index is 423. The average molecular weight is 300 g/mol. The summed E-state index contributed by atoms with van der Waals surface area (Å²) in [6, 6.07) is 7.43.